The monoisotopic (exact) mass is 188 g/mol. The first-order chi connectivity index (χ1) is 6.75. The van der Waals surface area contributed by atoms with Gasteiger partial charge < -0.3 is 5.32 Å². The van der Waals surface area contributed by atoms with Crippen LogP contribution >= 0.6 is 0 Å². The van der Waals surface area contributed by atoms with Gasteiger partial charge in [0.05, 0.1) is 11.7 Å². The first-order valence-electron chi connectivity index (χ1n) is 4.65. The molecule has 0 fully saturated rings. The van der Waals surface area contributed by atoms with Crippen molar-refractivity contribution in [2.24, 2.45) is 0 Å². The normalized spacial score (nSPS) is 18.8. The summed E-state index contributed by atoms with van der Waals surface area (Å²) in [6.45, 7) is 1.53. The molecule has 3 nitrogen and oxygen atoms in total. The van der Waals surface area contributed by atoms with Gasteiger partial charge in [-0.05, 0) is 24.1 Å². The second kappa shape index (κ2) is 3.62. The minimum atomic E-state index is 0.00647. The second-order valence-corrected chi connectivity index (χ2v) is 3.42. The molecule has 0 radical (unpaired) electrons. The molecular formula is C11H12N2O. The zero-order valence-corrected chi connectivity index (χ0v) is 8.03. The fourth-order valence-corrected chi connectivity index (χ4v) is 1.65. The molecule has 1 heterocycles. The third kappa shape index (κ3) is 1.82. The summed E-state index contributed by atoms with van der Waals surface area (Å²) < 4.78 is 0. The van der Waals surface area contributed by atoms with Crippen molar-refractivity contribution in [1.82, 2.24) is 10.3 Å². The molecule has 14 heavy (non-hydrogen) atoms. The van der Waals surface area contributed by atoms with Gasteiger partial charge >= 0.3 is 0 Å². The quantitative estimate of drug-likeness (QED) is 0.718. The number of carbonyl (C=O) groups is 1. The van der Waals surface area contributed by atoms with Crippen molar-refractivity contribution in [2.45, 2.75) is 19.4 Å². The minimum absolute atomic E-state index is 0.00647. The van der Waals surface area contributed by atoms with Crippen LogP contribution in [0.2, 0.25) is 0 Å². The van der Waals surface area contributed by atoms with Gasteiger partial charge in [0.2, 0.25) is 5.91 Å². The Balaban J connectivity index is 2.17. The molecule has 0 aliphatic heterocycles. The van der Waals surface area contributed by atoms with Crippen LogP contribution in [0.1, 0.15) is 18.2 Å². The Morgan fingerprint density at radius 2 is 2.50 bits per heavy atom. The van der Waals surface area contributed by atoms with Crippen LogP contribution in [0.3, 0.4) is 0 Å². The largest absolute Gasteiger partial charge is 0.350 e. The van der Waals surface area contributed by atoms with Gasteiger partial charge in [0.25, 0.3) is 0 Å². The molecule has 72 valence electrons. The van der Waals surface area contributed by atoms with Gasteiger partial charge in [-0.15, -0.1) is 0 Å². The molecule has 1 aromatic rings. The van der Waals surface area contributed by atoms with E-state index in [9.17, 15) is 4.79 Å². The molecule has 3 heteroatoms. The summed E-state index contributed by atoms with van der Waals surface area (Å²) in [5, 5.41) is 2.87. The van der Waals surface area contributed by atoms with Crippen molar-refractivity contribution < 1.29 is 4.79 Å². The van der Waals surface area contributed by atoms with Crippen LogP contribution in [-0.4, -0.2) is 16.9 Å². The average molecular weight is 188 g/mol. The lowest BCUT2D eigenvalue weighted by Crippen LogP contribution is -2.34. The van der Waals surface area contributed by atoms with E-state index >= 15 is 0 Å². The van der Waals surface area contributed by atoms with E-state index in [1.807, 2.05) is 24.3 Å². The number of carbonyl (C=O) groups excluding carboxylic acids is 1. The lowest BCUT2D eigenvalue weighted by Gasteiger charge is -2.18. The van der Waals surface area contributed by atoms with Crippen LogP contribution < -0.4 is 5.32 Å². The topological polar surface area (TPSA) is 42.0 Å². The van der Waals surface area contributed by atoms with Crippen molar-refractivity contribution in [1.29, 1.82) is 0 Å². The molecule has 0 bridgehead atoms. The Kier molecular flexibility index (Phi) is 2.31. The molecule has 1 aromatic heterocycles. The van der Waals surface area contributed by atoms with Crippen LogP contribution in [0.5, 0.6) is 0 Å². The van der Waals surface area contributed by atoms with Gasteiger partial charge in [-0.2, -0.15) is 0 Å². The molecule has 0 saturated carbocycles. The highest BCUT2D eigenvalue weighted by atomic mass is 16.1. The summed E-state index contributed by atoms with van der Waals surface area (Å²) in [5.41, 5.74) is 2.20. The number of aromatic nitrogens is 1. The number of amides is 1. The smallest absolute Gasteiger partial charge is 0.217 e. The molecule has 1 N–H and O–H groups in total. The third-order valence-corrected chi connectivity index (χ3v) is 2.24. The highest BCUT2D eigenvalue weighted by molar-refractivity contribution is 5.74. The van der Waals surface area contributed by atoms with Crippen molar-refractivity contribution in [3.63, 3.8) is 0 Å². The number of pyridine rings is 1. The standard InChI is InChI=1S/C11H12N2O/c1-8(14)13-10-4-5-11-9(7-10)3-2-6-12-11/h2-6,10H,7H2,1H3,(H,13,14). The Hall–Kier alpha value is -1.64. The van der Waals surface area contributed by atoms with E-state index in [1.54, 1.807) is 6.20 Å². The third-order valence-electron chi connectivity index (χ3n) is 2.24. The van der Waals surface area contributed by atoms with Crippen LogP contribution in [0.4, 0.5) is 0 Å². The van der Waals surface area contributed by atoms with Crippen molar-refractivity contribution in [3.8, 4) is 0 Å². The first-order valence-corrected chi connectivity index (χ1v) is 4.65. The summed E-state index contributed by atoms with van der Waals surface area (Å²) >= 11 is 0. The van der Waals surface area contributed by atoms with Crippen LogP contribution in [0, 0.1) is 0 Å². The van der Waals surface area contributed by atoms with Gasteiger partial charge in [0.1, 0.15) is 0 Å². The number of fused-ring (bicyclic) bond motifs is 1. The molecule has 1 aliphatic rings. The Bertz CT molecular complexity index is 385. The summed E-state index contributed by atoms with van der Waals surface area (Å²) in [6.07, 6.45) is 6.55. The lowest BCUT2D eigenvalue weighted by molar-refractivity contribution is -0.119. The molecular weight excluding hydrogens is 176 g/mol. The van der Waals surface area contributed by atoms with Crippen molar-refractivity contribution >= 4 is 12.0 Å². The maximum atomic E-state index is 10.9. The maximum Gasteiger partial charge on any atom is 0.217 e. The molecule has 2 rings (SSSR count). The number of nitrogens with zero attached hydrogens (tertiary/aromatic N) is 1. The summed E-state index contributed by atoms with van der Waals surface area (Å²) in [7, 11) is 0. The summed E-state index contributed by atoms with van der Waals surface area (Å²) in [6, 6.07) is 4.08. The lowest BCUT2D eigenvalue weighted by atomic mass is 9.98. The molecule has 0 spiro atoms. The van der Waals surface area contributed by atoms with E-state index in [0.29, 0.717) is 0 Å². The van der Waals surface area contributed by atoms with E-state index in [0.717, 1.165) is 12.1 Å². The zero-order chi connectivity index (χ0) is 9.97. The molecule has 1 unspecified atom stereocenters. The number of rotatable bonds is 1. The highest BCUT2D eigenvalue weighted by Gasteiger charge is 2.14. The predicted molar refractivity (Wildman–Crippen MR) is 54.6 cm³/mol. The summed E-state index contributed by atoms with van der Waals surface area (Å²) in [4.78, 5) is 15.1. The molecule has 0 saturated heterocycles. The van der Waals surface area contributed by atoms with E-state index in [-0.39, 0.29) is 11.9 Å². The number of hydrogen-bond donors (Lipinski definition) is 1. The fraction of sp³-hybridized carbons (Fsp3) is 0.273. The fourth-order valence-electron chi connectivity index (χ4n) is 1.65. The van der Waals surface area contributed by atoms with Crippen molar-refractivity contribution in [2.75, 3.05) is 0 Å². The molecule has 1 atom stereocenters. The highest BCUT2D eigenvalue weighted by Crippen LogP contribution is 2.16. The SMILES string of the molecule is CC(=O)NC1C=Cc2ncccc2C1. The Labute approximate surface area is 82.9 Å². The minimum Gasteiger partial charge on any atom is -0.350 e. The molecule has 0 aromatic carbocycles. The van der Waals surface area contributed by atoms with Gasteiger partial charge in [-0.3, -0.25) is 9.78 Å². The predicted octanol–water partition coefficient (Wildman–Crippen LogP) is 1.16. The van der Waals surface area contributed by atoms with Gasteiger partial charge in [0.15, 0.2) is 0 Å². The summed E-state index contributed by atoms with van der Waals surface area (Å²) in [5.74, 6) is 0.00647. The van der Waals surface area contributed by atoms with Crippen LogP contribution in [-0.2, 0) is 11.2 Å². The maximum absolute atomic E-state index is 10.9. The number of nitrogens with one attached hydrogen (secondary N) is 1. The van der Waals surface area contributed by atoms with E-state index in [2.05, 4.69) is 10.3 Å². The van der Waals surface area contributed by atoms with Gasteiger partial charge in [-0.1, -0.05) is 12.1 Å². The van der Waals surface area contributed by atoms with Crippen molar-refractivity contribution in [3.05, 3.63) is 35.7 Å². The molecule has 1 aliphatic carbocycles. The van der Waals surface area contributed by atoms with E-state index in [1.165, 1.54) is 12.5 Å². The Morgan fingerprint density at radius 3 is 3.29 bits per heavy atom. The average Bonchev–Trinajstić information content (AvgIpc) is 2.17. The van der Waals surface area contributed by atoms with E-state index < -0.39 is 0 Å². The van der Waals surface area contributed by atoms with Crippen LogP contribution in [0.15, 0.2) is 24.4 Å². The number of hydrogen-bond acceptors (Lipinski definition) is 2. The van der Waals surface area contributed by atoms with Gasteiger partial charge in [-0.25, -0.2) is 0 Å². The van der Waals surface area contributed by atoms with Crippen LogP contribution in [0.25, 0.3) is 6.08 Å². The second-order valence-electron chi connectivity index (χ2n) is 3.42. The Morgan fingerprint density at radius 1 is 1.64 bits per heavy atom. The first kappa shape index (κ1) is 8.94. The van der Waals surface area contributed by atoms with Gasteiger partial charge in [0, 0.05) is 13.1 Å². The van der Waals surface area contributed by atoms with E-state index in [4.69, 9.17) is 0 Å². The molecule has 1 amide bonds. The zero-order valence-electron chi connectivity index (χ0n) is 8.03.